The second-order valence-corrected chi connectivity index (χ2v) is 5.87. The Morgan fingerprint density at radius 2 is 2.10 bits per heavy atom. The van der Waals surface area contributed by atoms with Crippen molar-refractivity contribution in [3.05, 3.63) is 23.3 Å². The second kappa shape index (κ2) is 5.12. The summed E-state index contributed by atoms with van der Waals surface area (Å²) in [5.74, 6) is 1.86. The normalized spacial score (nSPS) is 23.8. The molecule has 1 heterocycles. The molecule has 0 spiro atoms. The predicted octanol–water partition coefficient (Wildman–Crippen LogP) is 3.93. The molecule has 20 heavy (non-hydrogen) atoms. The monoisotopic (exact) mass is 274 g/mol. The highest BCUT2D eigenvalue weighted by molar-refractivity contribution is 6.01. The third-order valence-electron chi connectivity index (χ3n) is 4.56. The minimum absolute atomic E-state index is 0.195. The number of carbonyl (C=O) groups excluding carboxylic acids is 1. The van der Waals surface area contributed by atoms with Crippen molar-refractivity contribution < 1.29 is 14.3 Å². The van der Waals surface area contributed by atoms with Gasteiger partial charge in [0, 0.05) is 17.5 Å². The lowest BCUT2D eigenvalue weighted by molar-refractivity contribution is -0.0200. The van der Waals surface area contributed by atoms with E-state index in [1.807, 2.05) is 12.1 Å². The predicted molar refractivity (Wildman–Crippen MR) is 77.8 cm³/mol. The van der Waals surface area contributed by atoms with Crippen LogP contribution in [0.15, 0.2) is 12.1 Å². The molecule has 108 valence electrons. The molecule has 1 unspecified atom stereocenters. The lowest BCUT2D eigenvalue weighted by Gasteiger charge is -2.38. The highest BCUT2D eigenvalue weighted by atomic mass is 16.6. The average molecular weight is 274 g/mol. The standard InChI is InChI=1S/C17H22O3/c1-3-5-10-17(4-2)11-19-16-13-6-8-14(18)12(13)7-9-15(16)20-17/h7,9H,3-6,8,10-11H2,1-2H3. The van der Waals surface area contributed by atoms with Crippen LogP contribution in [0.1, 0.15) is 61.9 Å². The number of unbranched alkanes of at least 4 members (excludes halogenated alkanes) is 1. The van der Waals surface area contributed by atoms with Gasteiger partial charge in [0.25, 0.3) is 0 Å². The molecule has 1 aliphatic carbocycles. The molecule has 1 aromatic rings. The molecule has 3 rings (SSSR count). The van der Waals surface area contributed by atoms with E-state index in [1.54, 1.807) is 0 Å². The van der Waals surface area contributed by atoms with E-state index in [4.69, 9.17) is 9.47 Å². The third-order valence-corrected chi connectivity index (χ3v) is 4.56. The fourth-order valence-corrected chi connectivity index (χ4v) is 3.17. The van der Waals surface area contributed by atoms with Gasteiger partial charge in [-0.1, -0.05) is 20.3 Å². The molecule has 0 aromatic heterocycles. The smallest absolute Gasteiger partial charge is 0.165 e. The Labute approximate surface area is 120 Å². The van der Waals surface area contributed by atoms with Crippen molar-refractivity contribution in [3.8, 4) is 11.5 Å². The minimum Gasteiger partial charge on any atom is -0.485 e. The number of ketones is 1. The van der Waals surface area contributed by atoms with Crippen LogP contribution in [0, 0.1) is 0 Å². The van der Waals surface area contributed by atoms with Crippen LogP contribution in [0.4, 0.5) is 0 Å². The van der Waals surface area contributed by atoms with Gasteiger partial charge in [0.1, 0.15) is 12.2 Å². The molecule has 3 heteroatoms. The van der Waals surface area contributed by atoms with E-state index in [1.165, 1.54) is 0 Å². The summed E-state index contributed by atoms with van der Waals surface area (Å²) in [5.41, 5.74) is 1.68. The first-order valence-electron chi connectivity index (χ1n) is 7.70. The van der Waals surface area contributed by atoms with Gasteiger partial charge in [0.05, 0.1) is 0 Å². The van der Waals surface area contributed by atoms with Crippen LogP contribution >= 0.6 is 0 Å². The molecular weight excluding hydrogens is 252 g/mol. The van der Waals surface area contributed by atoms with Gasteiger partial charge in [-0.15, -0.1) is 0 Å². The summed E-state index contributed by atoms with van der Waals surface area (Å²) in [6.45, 7) is 4.95. The Morgan fingerprint density at radius 3 is 2.85 bits per heavy atom. The van der Waals surface area contributed by atoms with Crippen LogP contribution in [0.25, 0.3) is 0 Å². The van der Waals surface area contributed by atoms with Crippen molar-refractivity contribution in [2.75, 3.05) is 6.61 Å². The zero-order chi connectivity index (χ0) is 14.2. The molecule has 0 saturated heterocycles. The summed E-state index contributed by atoms with van der Waals surface area (Å²) in [5, 5.41) is 0. The first-order chi connectivity index (χ1) is 9.69. The number of fused-ring (bicyclic) bond motifs is 3. The zero-order valence-corrected chi connectivity index (χ0v) is 12.3. The van der Waals surface area contributed by atoms with Crippen LogP contribution in [-0.2, 0) is 6.42 Å². The molecule has 0 radical (unpaired) electrons. The molecule has 0 amide bonds. The molecule has 2 aliphatic rings. The number of benzene rings is 1. The summed E-state index contributed by atoms with van der Waals surface area (Å²) in [6.07, 6.45) is 5.67. The Morgan fingerprint density at radius 1 is 1.25 bits per heavy atom. The fourth-order valence-electron chi connectivity index (χ4n) is 3.17. The molecule has 0 saturated carbocycles. The Balaban J connectivity index is 1.91. The van der Waals surface area contributed by atoms with E-state index >= 15 is 0 Å². The third kappa shape index (κ3) is 2.09. The van der Waals surface area contributed by atoms with Gasteiger partial charge >= 0.3 is 0 Å². The van der Waals surface area contributed by atoms with Gasteiger partial charge in [-0.05, 0) is 37.8 Å². The van der Waals surface area contributed by atoms with E-state index in [2.05, 4.69) is 13.8 Å². The molecular formula is C17H22O3. The van der Waals surface area contributed by atoms with Gasteiger partial charge in [0.2, 0.25) is 0 Å². The van der Waals surface area contributed by atoms with E-state index in [9.17, 15) is 4.79 Å². The topological polar surface area (TPSA) is 35.5 Å². The van der Waals surface area contributed by atoms with Gasteiger partial charge in [-0.25, -0.2) is 0 Å². The summed E-state index contributed by atoms with van der Waals surface area (Å²) >= 11 is 0. The van der Waals surface area contributed by atoms with Crippen molar-refractivity contribution in [3.63, 3.8) is 0 Å². The van der Waals surface area contributed by atoms with E-state index in [0.29, 0.717) is 13.0 Å². The maximum atomic E-state index is 11.8. The van der Waals surface area contributed by atoms with Crippen LogP contribution in [-0.4, -0.2) is 18.0 Å². The largest absolute Gasteiger partial charge is 0.485 e. The maximum Gasteiger partial charge on any atom is 0.165 e. The SMILES string of the molecule is CCCCC1(CC)COc2c(ccc3c2CCC3=O)O1. The van der Waals surface area contributed by atoms with Gasteiger partial charge in [-0.2, -0.15) is 0 Å². The highest BCUT2D eigenvalue weighted by Crippen LogP contribution is 2.44. The quantitative estimate of drug-likeness (QED) is 0.834. The van der Waals surface area contributed by atoms with Crippen LogP contribution in [0.2, 0.25) is 0 Å². The number of hydrogen-bond donors (Lipinski definition) is 0. The van der Waals surface area contributed by atoms with Crippen molar-refractivity contribution >= 4 is 5.78 Å². The lowest BCUT2D eigenvalue weighted by Crippen LogP contribution is -2.44. The van der Waals surface area contributed by atoms with Crippen LogP contribution < -0.4 is 9.47 Å². The number of hydrogen-bond acceptors (Lipinski definition) is 3. The van der Waals surface area contributed by atoms with Gasteiger partial charge in [-0.3, -0.25) is 4.79 Å². The molecule has 0 bridgehead atoms. The van der Waals surface area contributed by atoms with Crippen molar-refractivity contribution in [1.82, 2.24) is 0 Å². The molecule has 1 aromatic carbocycles. The highest BCUT2D eigenvalue weighted by Gasteiger charge is 2.38. The molecule has 0 fully saturated rings. The van der Waals surface area contributed by atoms with Crippen molar-refractivity contribution in [2.24, 2.45) is 0 Å². The van der Waals surface area contributed by atoms with Crippen molar-refractivity contribution in [2.45, 2.75) is 58.0 Å². The molecule has 3 nitrogen and oxygen atoms in total. The summed E-state index contributed by atoms with van der Waals surface area (Å²) in [7, 11) is 0. The maximum absolute atomic E-state index is 11.8. The lowest BCUT2D eigenvalue weighted by atomic mass is 9.93. The number of Topliss-reactive ketones (excluding diaryl/α,β-unsaturated/α-hetero) is 1. The zero-order valence-electron chi connectivity index (χ0n) is 12.3. The summed E-state index contributed by atoms with van der Waals surface area (Å²) in [4.78, 5) is 11.8. The molecule has 1 atom stereocenters. The van der Waals surface area contributed by atoms with E-state index in [-0.39, 0.29) is 11.4 Å². The fraction of sp³-hybridized carbons (Fsp3) is 0.588. The van der Waals surface area contributed by atoms with Crippen LogP contribution in [0.5, 0.6) is 11.5 Å². The Bertz CT molecular complexity index is 535. The second-order valence-electron chi connectivity index (χ2n) is 5.87. The van der Waals surface area contributed by atoms with Gasteiger partial charge in [0.15, 0.2) is 17.3 Å². The van der Waals surface area contributed by atoms with Gasteiger partial charge < -0.3 is 9.47 Å². The number of ether oxygens (including phenoxy) is 2. The Kier molecular flexibility index (Phi) is 3.45. The average Bonchev–Trinajstić information content (AvgIpc) is 2.86. The summed E-state index contributed by atoms with van der Waals surface area (Å²) in [6, 6.07) is 3.81. The first-order valence-corrected chi connectivity index (χ1v) is 7.70. The Hall–Kier alpha value is -1.51. The first kappa shape index (κ1) is 13.5. The molecule has 1 aliphatic heterocycles. The van der Waals surface area contributed by atoms with E-state index in [0.717, 1.165) is 54.7 Å². The number of carbonyl (C=O) groups is 1. The molecule has 0 N–H and O–H groups in total. The van der Waals surface area contributed by atoms with Crippen molar-refractivity contribution in [1.29, 1.82) is 0 Å². The number of rotatable bonds is 4. The summed E-state index contributed by atoms with van der Waals surface area (Å²) < 4.78 is 12.3. The van der Waals surface area contributed by atoms with E-state index < -0.39 is 0 Å². The van der Waals surface area contributed by atoms with Crippen LogP contribution in [0.3, 0.4) is 0 Å². The minimum atomic E-state index is -0.195.